The lowest BCUT2D eigenvalue weighted by Gasteiger charge is -2.11. The van der Waals surface area contributed by atoms with Gasteiger partial charge in [-0.25, -0.2) is 0 Å². The van der Waals surface area contributed by atoms with Crippen LogP contribution in [-0.2, 0) is 0 Å². The van der Waals surface area contributed by atoms with E-state index in [9.17, 15) is 4.79 Å². The summed E-state index contributed by atoms with van der Waals surface area (Å²) in [4.78, 5) is 12.2. The molecule has 0 unspecified atom stereocenters. The SMILES string of the molecule is O=C(NC(=S)Nc1cc(Cl)ccc1Cl)c1ccc2nsnc2c1. The third-order valence-corrected chi connectivity index (χ3v) is 4.25. The first-order valence-corrected chi connectivity index (χ1v) is 8.22. The summed E-state index contributed by atoms with van der Waals surface area (Å²) >= 11 is 18.2. The molecule has 0 saturated heterocycles. The number of fused-ring (bicyclic) bond motifs is 1. The average Bonchev–Trinajstić information content (AvgIpc) is 2.98. The molecule has 3 aromatic rings. The Kier molecular flexibility index (Phi) is 4.72. The molecule has 0 spiro atoms. The van der Waals surface area contributed by atoms with Gasteiger partial charge in [0.1, 0.15) is 11.0 Å². The van der Waals surface area contributed by atoms with Crippen molar-refractivity contribution in [2.45, 2.75) is 0 Å². The molecule has 0 aliphatic rings. The number of anilines is 1. The molecule has 1 amide bonds. The van der Waals surface area contributed by atoms with E-state index in [0.29, 0.717) is 26.8 Å². The van der Waals surface area contributed by atoms with Crippen molar-refractivity contribution in [1.82, 2.24) is 14.1 Å². The van der Waals surface area contributed by atoms with Gasteiger partial charge in [0.15, 0.2) is 5.11 Å². The van der Waals surface area contributed by atoms with Crippen LogP contribution in [0.3, 0.4) is 0 Å². The summed E-state index contributed by atoms with van der Waals surface area (Å²) in [6.45, 7) is 0. The lowest BCUT2D eigenvalue weighted by molar-refractivity contribution is 0.0978. The fraction of sp³-hybridized carbons (Fsp3) is 0. The largest absolute Gasteiger partial charge is 0.331 e. The maximum Gasteiger partial charge on any atom is 0.257 e. The van der Waals surface area contributed by atoms with Crippen LogP contribution in [0.2, 0.25) is 10.0 Å². The van der Waals surface area contributed by atoms with Crippen molar-refractivity contribution < 1.29 is 4.79 Å². The molecule has 0 aliphatic carbocycles. The van der Waals surface area contributed by atoms with Gasteiger partial charge in [0.25, 0.3) is 5.91 Å². The lowest BCUT2D eigenvalue weighted by Crippen LogP contribution is -2.34. The van der Waals surface area contributed by atoms with E-state index in [1.54, 1.807) is 36.4 Å². The number of nitrogens with zero attached hydrogens (tertiary/aromatic N) is 2. The predicted octanol–water partition coefficient (Wildman–Crippen LogP) is 4.12. The summed E-state index contributed by atoms with van der Waals surface area (Å²) in [6, 6.07) is 9.97. The molecule has 0 atom stereocenters. The van der Waals surface area contributed by atoms with Gasteiger partial charge >= 0.3 is 0 Å². The van der Waals surface area contributed by atoms with Crippen molar-refractivity contribution in [1.29, 1.82) is 0 Å². The van der Waals surface area contributed by atoms with Crippen molar-refractivity contribution in [2.24, 2.45) is 0 Å². The van der Waals surface area contributed by atoms with Crippen LogP contribution in [0.25, 0.3) is 11.0 Å². The van der Waals surface area contributed by atoms with Gasteiger partial charge in [-0.15, -0.1) is 0 Å². The first-order valence-electron chi connectivity index (χ1n) is 6.32. The Hall–Kier alpha value is -1.80. The van der Waals surface area contributed by atoms with Crippen LogP contribution in [0.15, 0.2) is 36.4 Å². The summed E-state index contributed by atoms with van der Waals surface area (Å²) in [5.74, 6) is -0.351. The number of aromatic nitrogens is 2. The van der Waals surface area contributed by atoms with E-state index >= 15 is 0 Å². The number of thiocarbonyl (C=S) groups is 1. The summed E-state index contributed by atoms with van der Waals surface area (Å²) in [5.41, 5.74) is 2.37. The van der Waals surface area contributed by atoms with Crippen LogP contribution in [0.5, 0.6) is 0 Å². The third kappa shape index (κ3) is 3.76. The number of carbonyl (C=O) groups excluding carboxylic acids is 1. The third-order valence-electron chi connectivity index (χ3n) is 2.92. The zero-order valence-corrected chi connectivity index (χ0v) is 14.5. The predicted molar refractivity (Wildman–Crippen MR) is 97.6 cm³/mol. The summed E-state index contributed by atoms with van der Waals surface area (Å²) in [7, 11) is 0. The molecule has 3 rings (SSSR count). The Balaban J connectivity index is 1.71. The summed E-state index contributed by atoms with van der Waals surface area (Å²) in [6.07, 6.45) is 0. The molecule has 23 heavy (non-hydrogen) atoms. The van der Waals surface area contributed by atoms with E-state index < -0.39 is 0 Å². The van der Waals surface area contributed by atoms with E-state index in [2.05, 4.69) is 19.4 Å². The Morgan fingerprint density at radius 1 is 1.09 bits per heavy atom. The molecule has 2 N–H and O–H groups in total. The van der Waals surface area contributed by atoms with Crippen LogP contribution in [0.4, 0.5) is 5.69 Å². The number of nitrogens with one attached hydrogen (secondary N) is 2. The zero-order valence-electron chi connectivity index (χ0n) is 11.3. The van der Waals surface area contributed by atoms with Gasteiger partial charge in [0, 0.05) is 10.6 Å². The minimum Gasteiger partial charge on any atom is -0.331 e. The highest BCUT2D eigenvalue weighted by Gasteiger charge is 2.11. The molecular formula is C14H8Cl2N4OS2. The summed E-state index contributed by atoms with van der Waals surface area (Å²) < 4.78 is 8.19. The molecule has 5 nitrogen and oxygen atoms in total. The Morgan fingerprint density at radius 3 is 2.70 bits per heavy atom. The average molecular weight is 383 g/mol. The van der Waals surface area contributed by atoms with Crippen LogP contribution in [0, 0.1) is 0 Å². The first kappa shape index (κ1) is 16.1. The molecule has 0 bridgehead atoms. The van der Waals surface area contributed by atoms with Gasteiger partial charge in [-0.1, -0.05) is 23.2 Å². The van der Waals surface area contributed by atoms with Crippen molar-refractivity contribution >= 4 is 74.9 Å². The van der Waals surface area contributed by atoms with Gasteiger partial charge in [-0.3, -0.25) is 10.1 Å². The first-order chi connectivity index (χ1) is 11.0. The number of hydrogen-bond acceptors (Lipinski definition) is 5. The number of amides is 1. The molecule has 116 valence electrons. The fourth-order valence-corrected chi connectivity index (χ4v) is 2.90. The van der Waals surface area contributed by atoms with Gasteiger partial charge in [-0.2, -0.15) is 8.75 Å². The van der Waals surface area contributed by atoms with Crippen LogP contribution < -0.4 is 10.6 Å². The van der Waals surface area contributed by atoms with Gasteiger partial charge in [0.05, 0.1) is 22.4 Å². The highest BCUT2D eigenvalue weighted by molar-refractivity contribution is 7.80. The minimum atomic E-state index is -0.351. The molecule has 9 heteroatoms. The Bertz CT molecular complexity index is 913. The topological polar surface area (TPSA) is 66.9 Å². The van der Waals surface area contributed by atoms with Crippen LogP contribution in [0.1, 0.15) is 10.4 Å². The van der Waals surface area contributed by atoms with Gasteiger partial charge in [0.2, 0.25) is 0 Å². The monoisotopic (exact) mass is 382 g/mol. The molecule has 0 saturated carbocycles. The number of carbonyl (C=O) groups is 1. The number of benzene rings is 2. The molecular weight excluding hydrogens is 375 g/mol. The smallest absolute Gasteiger partial charge is 0.257 e. The van der Waals surface area contributed by atoms with E-state index in [4.69, 9.17) is 35.4 Å². The summed E-state index contributed by atoms with van der Waals surface area (Å²) in [5, 5.41) is 6.50. The van der Waals surface area contributed by atoms with E-state index in [1.807, 2.05) is 0 Å². The second kappa shape index (κ2) is 6.76. The quantitative estimate of drug-likeness (QED) is 0.652. The molecule has 0 aliphatic heterocycles. The zero-order chi connectivity index (χ0) is 16.4. The molecule has 0 radical (unpaired) electrons. The maximum absolute atomic E-state index is 12.2. The Labute approximate surface area is 150 Å². The fourth-order valence-electron chi connectivity index (χ4n) is 1.85. The Morgan fingerprint density at radius 2 is 1.87 bits per heavy atom. The molecule has 1 aromatic heterocycles. The highest BCUT2D eigenvalue weighted by Crippen LogP contribution is 2.25. The minimum absolute atomic E-state index is 0.121. The second-order valence-electron chi connectivity index (χ2n) is 4.50. The van der Waals surface area contributed by atoms with Crippen molar-refractivity contribution in [3.8, 4) is 0 Å². The van der Waals surface area contributed by atoms with Crippen molar-refractivity contribution in [3.05, 3.63) is 52.0 Å². The van der Waals surface area contributed by atoms with Crippen molar-refractivity contribution in [2.75, 3.05) is 5.32 Å². The second-order valence-corrected chi connectivity index (χ2v) is 6.28. The number of halogens is 2. The van der Waals surface area contributed by atoms with E-state index in [0.717, 1.165) is 17.2 Å². The van der Waals surface area contributed by atoms with Gasteiger partial charge in [-0.05, 0) is 48.6 Å². The normalized spacial score (nSPS) is 10.5. The van der Waals surface area contributed by atoms with E-state index in [1.165, 1.54) is 0 Å². The molecule has 1 heterocycles. The van der Waals surface area contributed by atoms with E-state index in [-0.39, 0.29) is 11.0 Å². The lowest BCUT2D eigenvalue weighted by atomic mass is 10.2. The number of hydrogen-bond donors (Lipinski definition) is 2. The van der Waals surface area contributed by atoms with Crippen LogP contribution >= 0.6 is 47.1 Å². The standard InChI is InChI=1S/C14H8Cl2N4OS2/c15-8-2-3-9(16)11(6-8)17-14(22)18-13(21)7-1-4-10-12(5-7)20-23-19-10/h1-6H,(H2,17,18,21,22). The maximum atomic E-state index is 12.2. The van der Waals surface area contributed by atoms with Gasteiger partial charge < -0.3 is 5.32 Å². The van der Waals surface area contributed by atoms with Crippen molar-refractivity contribution in [3.63, 3.8) is 0 Å². The number of rotatable bonds is 2. The molecule has 2 aromatic carbocycles. The molecule has 0 fully saturated rings. The van der Waals surface area contributed by atoms with Crippen LogP contribution in [-0.4, -0.2) is 19.8 Å². The highest BCUT2D eigenvalue weighted by atomic mass is 35.5.